The van der Waals surface area contributed by atoms with Crippen LogP contribution < -0.4 is 5.32 Å². The van der Waals surface area contributed by atoms with E-state index in [-0.39, 0.29) is 11.9 Å². The number of hydrogen-bond donors (Lipinski definition) is 1. The maximum Gasteiger partial charge on any atom is 0.252 e. The first-order valence-corrected chi connectivity index (χ1v) is 8.48. The molecule has 0 saturated heterocycles. The molecule has 2 atom stereocenters. The third-order valence-corrected chi connectivity index (χ3v) is 5.34. The van der Waals surface area contributed by atoms with Gasteiger partial charge in [-0.25, -0.2) is 0 Å². The largest absolute Gasteiger partial charge is 0.345 e. The zero-order chi connectivity index (χ0) is 14.8. The van der Waals surface area contributed by atoms with Crippen LogP contribution in [0, 0.1) is 5.92 Å². The average molecular weight is 299 g/mol. The summed E-state index contributed by atoms with van der Waals surface area (Å²) in [4.78, 5) is 13.9. The lowest BCUT2D eigenvalue weighted by Gasteiger charge is -2.19. The Bertz CT molecular complexity index is 632. The molecule has 2 aromatic rings. The molecule has 3 heteroatoms. The van der Waals surface area contributed by atoms with E-state index in [0.717, 1.165) is 29.9 Å². The first-order valence-electron chi connectivity index (χ1n) is 7.60. The Kier molecular flexibility index (Phi) is 4.11. The quantitative estimate of drug-likeness (QED) is 0.896. The Morgan fingerprint density at radius 1 is 1.33 bits per heavy atom. The summed E-state index contributed by atoms with van der Waals surface area (Å²) in [6.07, 6.45) is 3.36. The monoisotopic (exact) mass is 299 g/mol. The molecule has 1 amide bonds. The molecule has 21 heavy (non-hydrogen) atoms. The predicted molar refractivity (Wildman–Crippen MR) is 87.8 cm³/mol. The maximum atomic E-state index is 12.5. The van der Waals surface area contributed by atoms with Crippen LogP contribution in [0.1, 0.15) is 52.7 Å². The number of hydrogen-bond acceptors (Lipinski definition) is 2. The first kappa shape index (κ1) is 14.3. The van der Waals surface area contributed by atoms with Gasteiger partial charge in [0.15, 0.2) is 0 Å². The minimum Gasteiger partial charge on any atom is -0.345 e. The van der Waals surface area contributed by atoms with Crippen LogP contribution in [-0.4, -0.2) is 5.91 Å². The minimum atomic E-state index is 0.0387. The van der Waals surface area contributed by atoms with E-state index >= 15 is 0 Å². The molecule has 0 fully saturated rings. The first-order chi connectivity index (χ1) is 10.1. The van der Waals surface area contributed by atoms with Crippen LogP contribution in [0.5, 0.6) is 0 Å². The Morgan fingerprint density at radius 3 is 2.86 bits per heavy atom. The van der Waals surface area contributed by atoms with E-state index in [0.29, 0.717) is 0 Å². The molecular weight excluding hydrogens is 278 g/mol. The zero-order valence-corrected chi connectivity index (χ0v) is 13.4. The van der Waals surface area contributed by atoms with Crippen molar-refractivity contribution in [3.8, 4) is 0 Å². The summed E-state index contributed by atoms with van der Waals surface area (Å²) in [7, 11) is 0. The van der Waals surface area contributed by atoms with E-state index in [1.54, 1.807) is 11.3 Å². The van der Waals surface area contributed by atoms with Crippen molar-refractivity contribution in [3.63, 3.8) is 0 Å². The summed E-state index contributed by atoms with van der Waals surface area (Å²) in [5.74, 6) is 0.814. The molecule has 1 heterocycles. The lowest BCUT2D eigenvalue weighted by atomic mass is 9.88. The van der Waals surface area contributed by atoms with E-state index in [2.05, 4.69) is 24.4 Å². The van der Waals surface area contributed by atoms with Gasteiger partial charge in [-0.15, -0.1) is 11.3 Å². The van der Waals surface area contributed by atoms with Crippen molar-refractivity contribution >= 4 is 17.2 Å². The number of rotatable bonds is 3. The fraction of sp³-hybridized carbons (Fsp3) is 0.389. The molecule has 1 aromatic heterocycles. The van der Waals surface area contributed by atoms with Gasteiger partial charge in [0.1, 0.15) is 0 Å². The van der Waals surface area contributed by atoms with Crippen LogP contribution in [0.4, 0.5) is 0 Å². The number of benzene rings is 1. The molecule has 0 bridgehead atoms. The molecular formula is C18H21NOS. The highest BCUT2D eigenvalue weighted by Gasteiger charge is 2.23. The van der Waals surface area contributed by atoms with Gasteiger partial charge in [0.05, 0.1) is 11.6 Å². The summed E-state index contributed by atoms with van der Waals surface area (Å²) in [6, 6.07) is 10.1. The van der Waals surface area contributed by atoms with E-state index in [1.165, 1.54) is 16.9 Å². The molecule has 0 radical (unpaired) electrons. The third-order valence-electron chi connectivity index (χ3n) is 4.29. The Morgan fingerprint density at radius 2 is 2.10 bits per heavy atom. The average Bonchev–Trinajstić information content (AvgIpc) is 2.91. The molecule has 3 rings (SSSR count). The van der Waals surface area contributed by atoms with Crippen molar-refractivity contribution in [2.45, 2.75) is 39.2 Å². The fourth-order valence-electron chi connectivity index (χ4n) is 2.97. The molecule has 1 aliphatic carbocycles. The molecule has 0 saturated carbocycles. The minimum absolute atomic E-state index is 0.0387. The summed E-state index contributed by atoms with van der Waals surface area (Å²) in [5.41, 5.74) is 3.32. The fourth-order valence-corrected chi connectivity index (χ4v) is 4.21. The van der Waals surface area contributed by atoms with Gasteiger partial charge in [-0.3, -0.25) is 4.79 Å². The SMILES string of the molecule is C[C@H]1CCc2c(C(=O)N[C@H](C)c3ccccc3)csc2C1. The van der Waals surface area contributed by atoms with Gasteiger partial charge in [-0.2, -0.15) is 0 Å². The molecule has 1 N–H and O–H groups in total. The molecule has 0 spiro atoms. The van der Waals surface area contributed by atoms with Crippen molar-refractivity contribution in [1.82, 2.24) is 5.32 Å². The number of carbonyl (C=O) groups is 1. The van der Waals surface area contributed by atoms with Crippen molar-refractivity contribution in [2.75, 3.05) is 0 Å². The normalized spacial score (nSPS) is 18.9. The molecule has 0 aliphatic heterocycles. The number of thiophene rings is 1. The highest BCUT2D eigenvalue weighted by atomic mass is 32.1. The lowest BCUT2D eigenvalue weighted by Crippen LogP contribution is -2.27. The number of nitrogens with one attached hydrogen (secondary N) is 1. The smallest absolute Gasteiger partial charge is 0.252 e. The summed E-state index contributed by atoms with van der Waals surface area (Å²) >= 11 is 1.75. The van der Waals surface area contributed by atoms with Gasteiger partial charge in [0.2, 0.25) is 0 Å². The standard InChI is InChI=1S/C18H21NOS/c1-12-8-9-15-16(11-21-17(15)10-12)18(20)19-13(2)14-6-4-3-5-7-14/h3-7,11-13H,8-10H2,1-2H3,(H,19,20)/t12-,13+/m0/s1. The third kappa shape index (κ3) is 3.03. The van der Waals surface area contributed by atoms with Crippen LogP contribution in [-0.2, 0) is 12.8 Å². The zero-order valence-electron chi connectivity index (χ0n) is 12.6. The lowest BCUT2D eigenvalue weighted by molar-refractivity contribution is 0.0939. The Balaban J connectivity index is 1.75. The van der Waals surface area contributed by atoms with Crippen molar-refractivity contribution in [3.05, 3.63) is 57.3 Å². The second kappa shape index (κ2) is 6.02. The van der Waals surface area contributed by atoms with Gasteiger partial charge in [-0.1, -0.05) is 37.3 Å². The van der Waals surface area contributed by atoms with Gasteiger partial charge in [0, 0.05) is 10.3 Å². The molecule has 2 nitrogen and oxygen atoms in total. The van der Waals surface area contributed by atoms with E-state index in [4.69, 9.17) is 0 Å². The van der Waals surface area contributed by atoms with Crippen molar-refractivity contribution < 1.29 is 4.79 Å². The molecule has 110 valence electrons. The van der Waals surface area contributed by atoms with Crippen molar-refractivity contribution in [2.24, 2.45) is 5.92 Å². The second-order valence-electron chi connectivity index (χ2n) is 6.00. The Labute approximate surface area is 130 Å². The second-order valence-corrected chi connectivity index (χ2v) is 6.97. The van der Waals surface area contributed by atoms with Crippen LogP contribution in [0.2, 0.25) is 0 Å². The van der Waals surface area contributed by atoms with E-state index in [9.17, 15) is 4.79 Å². The maximum absolute atomic E-state index is 12.5. The van der Waals surface area contributed by atoms with Crippen molar-refractivity contribution in [1.29, 1.82) is 0 Å². The predicted octanol–water partition coefficient (Wildman–Crippen LogP) is 4.36. The van der Waals surface area contributed by atoms with E-state index in [1.807, 2.05) is 30.5 Å². The van der Waals surface area contributed by atoms with Crippen LogP contribution in [0.3, 0.4) is 0 Å². The Hall–Kier alpha value is -1.61. The van der Waals surface area contributed by atoms with Crippen LogP contribution >= 0.6 is 11.3 Å². The van der Waals surface area contributed by atoms with Gasteiger partial charge in [0.25, 0.3) is 5.91 Å². The summed E-state index contributed by atoms with van der Waals surface area (Å²) < 4.78 is 0. The van der Waals surface area contributed by atoms with Gasteiger partial charge < -0.3 is 5.32 Å². The van der Waals surface area contributed by atoms with Gasteiger partial charge >= 0.3 is 0 Å². The number of carbonyl (C=O) groups excluding carboxylic acids is 1. The van der Waals surface area contributed by atoms with Gasteiger partial charge in [-0.05, 0) is 43.2 Å². The highest BCUT2D eigenvalue weighted by Crippen LogP contribution is 2.33. The summed E-state index contributed by atoms with van der Waals surface area (Å²) in [5, 5.41) is 5.17. The number of amides is 1. The topological polar surface area (TPSA) is 29.1 Å². The molecule has 1 aliphatic rings. The van der Waals surface area contributed by atoms with Crippen LogP contribution in [0.15, 0.2) is 35.7 Å². The number of fused-ring (bicyclic) bond motifs is 1. The highest BCUT2D eigenvalue weighted by molar-refractivity contribution is 7.10. The summed E-state index contributed by atoms with van der Waals surface area (Å²) in [6.45, 7) is 4.33. The molecule has 0 unspecified atom stereocenters. The van der Waals surface area contributed by atoms with Crippen LogP contribution in [0.25, 0.3) is 0 Å². The van der Waals surface area contributed by atoms with E-state index < -0.39 is 0 Å². The molecule has 1 aromatic carbocycles.